The van der Waals surface area contributed by atoms with Gasteiger partial charge in [-0.15, -0.1) is 0 Å². The number of nitrogens with one attached hydrogen (secondary N) is 2. The molecule has 0 bridgehead atoms. The Morgan fingerprint density at radius 3 is 1.95 bits per heavy atom. The third-order valence-corrected chi connectivity index (χ3v) is 3.14. The molecule has 0 heterocycles. The zero-order valence-electron chi connectivity index (χ0n) is 12.9. The van der Waals surface area contributed by atoms with Crippen LogP contribution in [0, 0.1) is 0 Å². The van der Waals surface area contributed by atoms with Crippen molar-refractivity contribution in [2.75, 3.05) is 11.9 Å². The van der Waals surface area contributed by atoms with E-state index in [0.29, 0.717) is 11.8 Å². The number of hydrogen-bond acceptors (Lipinski definition) is 2. The van der Waals surface area contributed by atoms with Crippen LogP contribution in [0.1, 0.15) is 57.6 Å². The molecule has 0 aromatic heterocycles. The Morgan fingerprint density at radius 1 is 1.05 bits per heavy atom. The van der Waals surface area contributed by atoms with E-state index in [1.807, 2.05) is 18.2 Å². The Morgan fingerprint density at radius 2 is 1.55 bits per heavy atom. The van der Waals surface area contributed by atoms with Crippen LogP contribution >= 0.6 is 0 Å². The molecule has 1 aromatic rings. The van der Waals surface area contributed by atoms with E-state index in [0.717, 1.165) is 16.8 Å². The van der Waals surface area contributed by atoms with Gasteiger partial charge in [0.15, 0.2) is 0 Å². The van der Waals surface area contributed by atoms with Gasteiger partial charge in [0.2, 0.25) is 11.8 Å². The zero-order valence-corrected chi connectivity index (χ0v) is 12.9. The van der Waals surface area contributed by atoms with E-state index >= 15 is 0 Å². The molecule has 1 rings (SSSR count). The Bertz CT molecular complexity index is 467. The predicted octanol–water partition coefficient (Wildman–Crippen LogP) is 3.01. The van der Waals surface area contributed by atoms with Gasteiger partial charge in [0, 0.05) is 12.6 Å². The van der Waals surface area contributed by atoms with Crippen LogP contribution in [-0.4, -0.2) is 18.4 Å². The van der Waals surface area contributed by atoms with Crippen molar-refractivity contribution in [1.29, 1.82) is 0 Å². The second kappa shape index (κ2) is 7.08. The lowest BCUT2D eigenvalue weighted by Gasteiger charge is -2.20. The van der Waals surface area contributed by atoms with E-state index in [1.165, 1.54) is 6.92 Å². The number of para-hydroxylation sites is 1. The summed E-state index contributed by atoms with van der Waals surface area (Å²) in [5, 5.41) is 5.46. The van der Waals surface area contributed by atoms with E-state index in [2.05, 4.69) is 38.3 Å². The number of anilines is 1. The summed E-state index contributed by atoms with van der Waals surface area (Å²) in [4.78, 5) is 22.8. The van der Waals surface area contributed by atoms with E-state index in [-0.39, 0.29) is 18.4 Å². The number of hydrogen-bond donors (Lipinski definition) is 2. The van der Waals surface area contributed by atoms with Crippen LogP contribution in [0.2, 0.25) is 0 Å². The second-order valence-electron chi connectivity index (χ2n) is 5.58. The first-order valence-corrected chi connectivity index (χ1v) is 7.00. The van der Waals surface area contributed by atoms with E-state index in [4.69, 9.17) is 0 Å². The molecule has 4 heteroatoms. The molecule has 110 valence electrons. The van der Waals surface area contributed by atoms with Crippen molar-refractivity contribution in [2.45, 2.75) is 46.5 Å². The van der Waals surface area contributed by atoms with Crippen molar-refractivity contribution in [1.82, 2.24) is 5.32 Å². The molecule has 0 saturated carbocycles. The average Bonchev–Trinajstić information content (AvgIpc) is 2.36. The summed E-state index contributed by atoms with van der Waals surface area (Å²) in [5.41, 5.74) is 3.12. The number of carbonyl (C=O) groups is 2. The maximum atomic E-state index is 11.9. The second-order valence-corrected chi connectivity index (χ2v) is 5.58. The van der Waals surface area contributed by atoms with Gasteiger partial charge in [0.25, 0.3) is 0 Å². The highest BCUT2D eigenvalue weighted by molar-refractivity contribution is 5.95. The summed E-state index contributed by atoms with van der Waals surface area (Å²) >= 11 is 0. The Labute approximate surface area is 121 Å². The molecule has 0 saturated heterocycles. The molecular weight excluding hydrogens is 252 g/mol. The van der Waals surface area contributed by atoms with Gasteiger partial charge < -0.3 is 10.6 Å². The molecule has 2 N–H and O–H groups in total. The topological polar surface area (TPSA) is 58.2 Å². The quantitative estimate of drug-likeness (QED) is 0.868. The van der Waals surface area contributed by atoms with Gasteiger partial charge in [0.05, 0.1) is 6.54 Å². The van der Waals surface area contributed by atoms with Crippen molar-refractivity contribution in [3.8, 4) is 0 Å². The van der Waals surface area contributed by atoms with Gasteiger partial charge in [0.1, 0.15) is 0 Å². The van der Waals surface area contributed by atoms with E-state index in [9.17, 15) is 9.59 Å². The third kappa shape index (κ3) is 4.37. The zero-order chi connectivity index (χ0) is 15.3. The predicted molar refractivity (Wildman–Crippen MR) is 81.9 cm³/mol. The normalized spacial score (nSPS) is 10.8. The van der Waals surface area contributed by atoms with Crippen LogP contribution < -0.4 is 10.6 Å². The number of rotatable bonds is 5. The smallest absolute Gasteiger partial charge is 0.243 e. The summed E-state index contributed by atoms with van der Waals surface area (Å²) in [6.45, 7) is 9.80. The van der Waals surface area contributed by atoms with Gasteiger partial charge in [-0.2, -0.15) is 0 Å². The van der Waals surface area contributed by atoms with Crippen LogP contribution in [0.4, 0.5) is 5.69 Å². The summed E-state index contributed by atoms with van der Waals surface area (Å²) in [5.74, 6) is 0.242. The molecule has 0 unspecified atom stereocenters. The standard InChI is InChI=1S/C16H24N2O2/c1-10(2)13-7-6-8-14(11(3)4)16(13)18-15(20)9-17-12(5)19/h6-8,10-11H,9H2,1-5H3,(H,17,19)(H,18,20). The van der Waals surface area contributed by atoms with Crippen molar-refractivity contribution in [3.63, 3.8) is 0 Å². The van der Waals surface area contributed by atoms with Crippen LogP contribution in [0.25, 0.3) is 0 Å². The maximum absolute atomic E-state index is 11.9. The lowest BCUT2D eigenvalue weighted by atomic mass is 9.92. The van der Waals surface area contributed by atoms with Gasteiger partial charge >= 0.3 is 0 Å². The highest BCUT2D eigenvalue weighted by Crippen LogP contribution is 2.32. The Kier molecular flexibility index (Phi) is 5.74. The van der Waals surface area contributed by atoms with Crippen molar-refractivity contribution >= 4 is 17.5 Å². The molecule has 4 nitrogen and oxygen atoms in total. The Balaban J connectivity index is 3.01. The molecule has 0 atom stereocenters. The molecule has 0 aliphatic rings. The van der Waals surface area contributed by atoms with Gasteiger partial charge in [-0.25, -0.2) is 0 Å². The lowest BCUT2D eigenvalue weighted by Crippen LogP contribution is -2.31. The molecule has 20 heavy (non-hydrogen) atoms. The number of carbonyl (C=O) groups excluding carboxylic acids is 2. The highest BCUT2D eigenvalue weighted by atomic mass is 16.2. The van der Waals surface area contributed by atoms with Crippen LogP contribution in [0.15, 0.2) is 18.2 Å². The summed E-state index contributed by atoms with van der Waals surface area (Å²) in [6, 6.07) is 6.09. The molecule has 0 aliphatic heterocycles. The molecule has 0 fully saturated rings. The summed E-state index contributed by atoms with van der Waals surface area (Å²) < 4.78 is 0. The van der Waals surface area contributed by atoms with Crippen LogP contribution in [0.3, 0.4) is 0 Å². The molecule has 1 aromatic carbocycles. The Hall–Kier alpha value is -1.84. The van der Waals surface area contributed by atoms with Crippen molar-refractivity contribution in [2.24, 2.45) is 0 Å². The minimum Gasteiger partial charge on any atom is -0.347 e. The van der Waals surface area contributed by atoms with Gasteiger partial charge in [-0.3, -0.25) is 9.59 Å². The molecular formula is C16H24N2O2. The van der Waals surface area contributed by atoms with Crippen molar-refractivity contribution < 1.29 is 9.59 Å². The highest BCUT2D eigenvalue weighted by Gasteiger charge is 2.15. The van der Waals surface area contributed by atoms with E-state index < -0.39 is 0 Å². The first-order chi connectivity index (χ1) is 9.32. The lowest BCUT2D eigenvalue weighted by molar-refractivity contribution is -0.122. The van der Waals surface area contributed by atoms with E-state index in [1.54, 1.807) is 0 Å². The first kappa shape index (κ1) is 16.2. The molecule has 0 spiro atoms. The minimum atomic E-state index is -0.207. The average molecular weight is 276 g/mol. The fraction of sp³-hybridized carbons (Fsp3) is 0.500. The summed E-state index contributed by atoms with van der Waals surface area (Å²) in [7, 11) is 0. The summed E-state index contributed by atoms with van der Waals surface area (Å²) in [6.07, 6.45) is 0. The van der Waals surface area contributed by atoms with Crippen LogP contribution in [0.5, 0.6) is 0 Å². The monoisotopic (exact) mass is 276 g/mol. The SMILES string of the molecule is CC(=O)NCC(=O)Nc1c(C(C)C)cccc1C(C)C. The third-order valence-electron chi connectivity index (χ3n) is 3.14. The number of amides is 2. The number of benzene rings is 1. The molecule has 2 amide bonds. The first-order valence-electron chi connectivity index (χ1n) is 7.00. The van der Waals surface area contributed by atoms with Gasteiger partial charge in [-0.1, -0.05) is 45.9 Å². The minimum absolute atomic E-state index is 0.000696. The molecule has 0 radical (unpaired) electrons. The fourth-order valence-corrected chi connectivity index (χ4v) is 2.08. The van der Waals surface area contributed by atoms with Crippen molar-refractivity contribution in [3.05, 3.63) is 29.3 Å². The molecule has 0 aliphatic carbocycles. The largest absolute Gasteiger partial charge is 0.347 e. The van der Waals surface area contributed by atoms with Crippen LogP contribution in [-0.2, 0) is 9.59 Å². The fourth-order valence-electron chi connectivity index (χ4n) is 2.08. The van der Waals surface area contributed by atoms with Gasteiger partial charge in [-0.05, 0) is 23.0 Å². The maximum Gasteiger partial charge on any atom is 0.243 e.